The Bertz CT molecular complexity index is 828. The number of rotatable bonds is 4. The van der Waals surface area contributed by atoms with Crippen LogP contribution in [0.4, 0.5) is 11.4 Å². The van der Waals surface area contributed by atoms with Crippen LogP contribution in [0.1, 0.15) is 5.56 Å². The molecule has 0 atom stereocenters. The van der Waals surface area contributed by atoms with Gasteiger partial charge in [0.15, 0.2) is 0 Å². The summed E-state index contributed by atoms with van der Waals surface area (Å²) >= 11 is 3.12. The molecular formula is C13H11BrN2O5S. The van der Waals surface area contributed by atoms with E-state index < -0.39 is 14.9 Å². The smallest absolute Gasteiger partial charge is 0.270 e. The lowest BCUT2D eigenvalue weighted by molar-refractivity contribution is -0.385. The van der Waals surface area contributed by atoms with Crippen molar-refractivity contribution in [2.45, 2.75) is 11.8 Å². The first-order valence-corrected chi connectivity index (χ1v) is 8.25. The minimum absolute atomic E-state index is 0.0123. The number of aryl methyl sites for hydroxylation is 1. The molecule has 9 heteroatoms. The second-order valence-electron chi connectivity index (χ2n) is 4.48. The van der Waals surface area contributed by atoms with E-state index in [1.54, 1.807) is 6.92 Å². The number of anilines is 1. The van der Waals surface area contributed by atoms with E-state index >= 15 is 0 Å². The van der Waals surface area contributed by atoms with Gasteiger partial charge in [0.05, 0.1) is 20.0 Å². The highest BCUT2D eigenvalue weighted by molar-refractivity contribution is 9.10. The van der Waals surface area contributed by atoms with E-state index in [0.29, 0.717) is 10.0 Å². The quantitative estimate of drug-likeness (QED) is 0.476. The van der Waals surface area contributed by atoms with Gasteiger partial charge >= 0.3 is 0 Å². The van der Waals surface area contributed by atoms with Crippen LogP contribution >= 0.6 is 15.9 Å². The maximum atomic E-state index is 12.3. The van der Waals surface area contributed by atoms with Crippen molar-refractivity contribution < 1.29 is 18.4 Å². The van der Waals surface area contributed by atoms with Crippen molar-refractivity contribution in [1.82, 2.24) is 0 Å². The van der Waals surface area contributed by atoms with Crippen LogP contribution in [0.2, 0.25) is 0 Å². The molecule has 0 aliphatic heterocycles. The number of phenolic OH excluding ortho intramolecular Hbond substituents is 1. The first-order chi connectivity index (χ1) is 10.2. The predicted molar refractivity (Wildman–Crippen MR) is 84.4 cm³/mol. The molecule has 0 fully saturated rings. The van der Waals surface area contributed by atoms with E-state index in [2.05, 4.69) is 20.7 Å². The Morgan fingerprint density at radius 1 is 1.27 bits per heavy atom. The number of nitrogens with one attached hydrogen (secondary N) is 1. The van der Waals surface area contributed by atoms with Crippen LogP contribution in [-0.4, -0.2) is 18.4 Å². The molecule has 22 heavy (non-hydrogen) atoms. The fourth-order valence-electron chi connectivity index (χ4n) is 1.77. The maximum Gasteiger partial charge on any atom is 0.270 e. The molecule has 7 nitrogen and oxygen atoms in total. The summed E-state index contributed by atoms with van der Waals surface area (Å²) in [5.74, 6) is 0.0123. The molecule has 2 aromatic carbocycles. The molecule has 0 amide bonds. The summed E-state index contributed by atoms with van der Waals surface area (Å²) in [6, 6.07) is 7.60. The number of non-ortho nitro benzene ring substituents is 1. The van der Waals surface area contributed by atoms with E-state index in [-0.39, 0.29) is 22.0 Å². The van der Waals surface area contributed by atoms with Gasteiger partial charge in [-0.2, -0.15) is 0 Å². The van der Waals surface area contributed by atoms with Crippen LogP contribution < -0.4 is 4.72 Å². The zero-order chi connectivity index (χ0) is 16.5. The van der Waals surface area contributed by atoms with Gasteiger partial charge in [-0.25, -0.2) is 8.42 Å². The SMILES string of the molecule is Cc1cc(NS(=O)(=O)c2cccc([N+](=O)[O-])c2)cc(Br)c1O. The molecule has 2 rings (SSSR count). The Hall–Kier alpha value is -2.13. The molecule has 2 N–H and O–H groups in total. The molecule has 0 saturated heterocycles. The fraction of sp³-hybridized carbons (Fsp3) is 0.0769. The average molecular weight is 387 g/mol. The van der Waals surface area contributed by atoms with Gasteiger partial charge in [0.25, 0.3) is 15.7 Å². The second-order valence-corrected chi connectivity index (χ2v) is 7.02. The third-order valence-electron chi connectivity index (χ3n) is 2.84. The summed E-state index contributed by atoms with van der Waals surface area (Å²) in [7, 11) is -3.97. The van der Waals surface area contributed by atoms with E-state index in [4.69, 9.17) is 0 Å². The number of nitrogens with zero attached hydrogens (tertiary/aromatic N) is 1. The molecule has 0 aromatic heterocycles. The Labute approximate surface area is 134 Å². The summed E-state index contributed by atoms with van der Waals surface area (Å²) in [6.45, 7) is 1.62. The monoisotopic (exact) mass is 386 g/mol. The third kappa shape index (κ3) is 3.37. The van der Waals surface area contributed by atoms with Crippen molar-refractivity contribution in [2.75, 3.05) is 4.72 Å². The van der Waals surface area contributed by atoms with Gasteiger partial charge in [-0.1, -0.05) is 6.07 Å². The maximum absolute atomic E-state index is 12.3. The van der Waals surface area contributed by atoms with E-state index in [1.807, 2.05) is 0 Å². The fourth-order valence-corrected chi connectivity index (χ4v) is 3.41. The highest BCUT2D eigenvalue weighted by Gasteiger charge is 2.18. The first-order valence-electron chi connectivity index (χ1n) is 5.97. The lowest BCUT2D eigenvalue weighted by Crippen LogP contribution is -2.13. The zero-order valence-electron chi connectivity index (χ0n) is 11.3. The normalized spacial score (nSPS) is 11.2. The summed E-state index contributed by atoms with van der Waals surface area (Å²) in [4.78, 5) is 9.84. The molecule has 0 spiro atoms. The van der Waals surface area contributed by atoms with E-state index in [9.17, 15) is 23.6 Å². The molecule has 0 bridgehead atoms. The van der Waals surface area contributed by atoms with Crippen LogP contribution in [0.15, 0.2) is 45.8 Å². The number of benzene rings is 2. The molecule has 116 valence electrons. The third-order valence-corrected chi connectivity index (χ3v) is 4.83. The summed E-state index contributed by atoms with van der Waals surface area (Å²) in [5.41, 5.74) is 0.394. The van der Waals surface area contributed by atoms with Gasteiger partial charge in [0.2, 0.25) is 0 Å². The molecular weight excluding hydrogens is 376 g/mol. The van der Waals surface area contributed by atoms with Crippen LogP contribution in [0.25, 0.3) is 0 Å². The largest absolute Gasteiger partial charge is 0.506 e. The minimum Gasteiger partial charge on any atom is -0.506 e. The van der Waals surface area contributed by atoms with E-state index in [1.165, 1.54) is 30.3 Å². The zero-order valence-corrected chi connectivity index (χ0v) is 13.7. The second kappa shape index (κ2) is 5.93. The number of sulfonamides is 1. The van der Waals surface area contributed by atoms with Crippen LogP contribution in [0, 0.1) is 17.0 Å². The number of hydrogen-bond acceptors (Lipinski definition) is 5. The van der Waals surface area contributed by atoms with Crippen molar-refractivity contribution in [3.63, 3.8) is 0 Å². The lowest BCUT2D eigenvalue weighted by atomic mass is 10.2. The molecule has 0 saturated carbocycles. The van der Waals surface area contributed by atoms with Crippen molar-refractivity contribution in [1.29, 1.82) is 0 Å². The number of halogens is 1. The lowest BCUT2D eigenvalue weighted by Gasteiger charge is -2.10. The Kier molecular flexibility index (Phi) is 4.38. The van der Waals surface area contributed by atoms with Crippen molar-refractivity contribution >= 4 is 37.3 Å². The summed E-state index contributed by atoms with van der Waals surface area (Å²) < 4.78 is 27.2. The summed E-state index contributed by atoms with van der Waals surface area (Å²) in [5, 5.41) is 20.4. The number of nitro groups is 1. The number of phenols is 1. The van der Waals surface area contributed by atoms with Crippen LogP contribution in [0.3, 0.4) is 0 Å². The minimum atomic E-state index is -3.97. The highest BCUT2D eigenvalue weighted by Crippen LogP contribution is 2.32. The van der Waals surface area contributed by atoms with Gasteiger partial charge in [-0.3, -0.25) is 14.8 Å². The average Bonchev–Trinajstić information content (AvgIpc) is 2.44. The number of nitro benzene ring substituents is 1. The van der Waals surface area contributed by atoms with E-state index in [0.717, 1.165) is 6.07 Å². The highest BCUT2D eigenvalue weighted by atomic mass is 79.9. The van der Waals surface area contributed by atoms with Gasteiger partial charge in [-0.15, -0.1) is 0 Å². The topological polar surface area (TPSA) is 110 Å². The van der Waals surface area contributed by atoms with Gasteiger partial charge < -0.3 is 5.11 Å². The molecule has 2 aromatic rings. The van der Waals surface area contributed by atoms with Crippen LogP contribution in [-0.2, 0) is 10.0 Å². The van der Waals surface area contributed by atoms with Crippen molar-refractivity contribution in [2.24, 2.45) is 0 Å². The molecule has 0 aliphatic carbocycles. The summed E-state index contributed by atoms with van der Waals surface area (Å²) in [6.07, 6.45) is 0. The van der Waals surface area contributed by atoms with Gasteiger partial charge in [0, 0.05) is 12.1 Å². The Morgan fingerprint density at radius 2 is 1.95 bits per heavy atom. The number of aromatic hydroxyl groups is 1. The van der Waals surface area contributed by atoms with Crippen molar-refractivity contribution in [3.05, 3.63) is 56.5 Å². The molecule has 0 heterocycles. The molecule has 0 aliphatic rings. The van der Waals surface area contributed by atoms with Crippen molar-refractivity contribution in [3.8, 4) is 5.75 Å². The predicted octanol–water partition coefficient (Wildman–Crippen LogP) is 3.17. The Balaban J connectivity index is 2.40. The van der Waals surface area contributed by atoms with Crippen LogP contribution in [0.5, 0.6) is 5.75 Å². The molecule has 0 radical (unpaired) electrons. The van der Waals surface area contributed by atoms with Gasteiger partial charge in [-0.05, 0) is 46.6 Å². The molecule has 0 unspecified atom stereocenters. The standard InChI is InChI=1S/C13H11BrN2O5S/c1-8-5-9(6-12(14)13(8)17)15-22(20,21)11-4-2-3-10(7-11)16(18)19/h2-7,15,17H,1H3. The van der Waals surface area contributed by atoms with Gasteiger partial charge in [0.1, 0.15) is 5.75 Å². The first kappa shape index (κ1) is 16.2. The Morgan fingerprint density at radius 3 is 2.55 bits per heavy atom. The number of hydrogen-bond donors (Lipinski definition) is 2.